The maximum atomic E-state index is 15.0. The summed E-state index contributed by atoms with van der Waals surface area (Å²) >= 11 is 8.21. The van der Waals surface area contributed by atoms with E-state index < -0.39 is 18.0 Å². The summed E-state index contributed by atoms with van der Waals surface area (Å²) in [5, 5.41) is 2.45. The highest BCUT2D eigenvalue weighted by molar-refractivity contribution is 8.12. The van der Waals surface area contributed by atoms with E-state index in [4.69, 9.17) is 16.3 Å². The van der Waals surface area contributed by atoms with Gasteiger partial charge in [-0.1, -0.05) is 23.4 Å². The third kappa shape index (κ3) is 5.36. The average molecular weight is 513 g/mol. The number of hydrogen-bond donors (Lipinski definition) is 1. The van der Waals surface area contributed by atoms with Crippen LogP contribution in [0.25, 0.3) is 0 Å². The molecule has 3 amide bonds. The lowest BCUT2D eigenvalue weighted by Crippen LogP contribution is -2.48. The maximum Gasteiger partial charge on any atom is 0.414 e. The third-order valence-corrected chi connectivity index (χ3v) is 7.20. The fourth-order valence-corrected chi connectivity index (χ4v) is 5.00. The van der Waals surface area contributed by atoms with E-state index in [9.17, 15) is 18.8 Å². The zero-order valence-corrected chi connectivity index (χ0v) is 20.1. The summed E-state index contributed by atoms with van der Waals surface area (Å²) in [6, 6.07) is 8.03. The number of thiophene rings is 1. The van der Waals surface area contributed by atoms with Crippen molar-refractivity contribution in [2.24, 2.45) is 0 Å². The molecule has 0 unspecified atom stereocenters. The number of carbonyl (C=O) groups excluding carboxylic acids is 3. The van der Waals surface area contributed by atoms with E-state index in [1.165, 1.54) is 22.3 Å². The molecule has 1 atom stereocenters. The van der Waals surface area contributed by atoms with Gasteiger partial charge in [0, 0.05) is 26.2 Å². The normalized spacial score (nSPS) is 18.5. The van der Waals surface area contributed by atoms with Crippen molar-refractivity contribution in [3.05, 3.63) is 45.4 Å². The van der Waals surface area contributed by atoms with Crippen LogP contribution in [0.2, 0.25) is 4.34 Å². The maximum absolute atomic E-state index is 15.0. The van der Waals surface area contributed by atoms with E-state index >= 15 is 0 Å². The highest BCUT2D eigenvalue weighted by Crippen LogP contribution is 2.29. The summed E-state index contributed by atoms with van der Waals surface area (Å²) in [5.74, 6) is -0.526. The van der Waals surface area contributed by atoms with Crippen LogP contribution in [0.4, 0.5) is 25.4 Å². The molecule has 1 aromatic carbocycles. The minimum Gasteiger partial charge on any atom is -0.442 e. The number of amides is 3. The molecular formula is C21H22ClFN4O4S2. The first-order chi connectivity index (χ1) is 15.9. The minimum atomic E-state index is -0.577. The third-order valence-electron chi connectivity index (χ3n) is 5.47. The summed E-state index contributed by atoms with van der Waals surface area (Å²) in [5.41, 5.74) is 0.810. The highest BCUT2D eigenvalue weighted by Gasteiger charge is 2.33. The van der Waals surface area contributed by atoms with Gasteiger partial charge in [0.15, 0.2) is 0 Å². The largest absolute Gasteiger partial charge is 0.442 e. The van der Waals surface area contributed by atoms with Crippen molar-refractivity contribution < 1.29 is 23.5 Å². The fraction of sp³-hybridized carbons (Fsp3) is 0.381. The Hall–Kier alpha value is -2.50. The average Bonchev–Trinajstić information content (AvgIpc) is 3.42. The molecule has 3 heterocycles. The zero-order valence-electron chi connectivity index (χ0n) is 17.8. The lowest BCUT2D eigenvalue weighted by Gasteiger charge is -2.36. The predicted octanol–water partition coefficient (Wildman–Crippen LogP) is 3.90. The lowest BCUT2D eigenvalue weighted by atomic mass is 10.2. The van der Waals surface area contributed by atoms with Gasteiger partial charge in [-0.25, -0.2) is 9.18 Å². The summed E-state index contributed by atoms with van der Waals surface area (Å²) in [7, 11) is 0. The van der Waals surface area contributed by atoms with Crippen molar-refractivity contribution in [2.75, 3.05) is 55.3 Å². The molecule has 2 aromatic rings. The Morgan fingerprint density at radius 1 is 1.24 bits per heavy atom. The molecule has 176 valence electrons. The van der Waals surface area contributed by atoms with Gasteiger partial charge in [-0.2, -0.15) is 0 Å². The summed E-state index contributed by atoms with van der Waals surface area (Å²) in [6.45, 7) is 2.34. The number of anilines is 2. The van der Waals surface area contributed by atoms with Crippen molar-refractivity contribution in [2.45, 2.75) is 6.10 Å². The van der Waals surface area contributed by atoms with Gasteiger partial charge in [0.05, 0.1) is 33.7 Å². The minimum absolute atomic E-state index is 0.0711. The summed E-state index contributed by atoms with van der Waals surface area (Å²) < 4.78 is 20.8. The lowest BCUT2D eigenvalue weighted by molar-refractivity contribution is 0.0751. The van der Waals surface area contributed by atoms with E-state index in [0.29, 0.717) is 46.8 Å². The van der Waals surface area contributed by atoms with Crippen LogP contribution in [0, 0.1) is 5.82 Å². The van der Waals surface area contributed by atoms with Crippen LogP contribution >= 0.6 is 34.7 Å². The standard InChI is InChI=1S/C21H22ClFN4O4S2/c1-32-20(29)24-11-14-12-27(21(30)31-14)13-2-3-16(15(23)10-13)25-6-8-26(9-7-25)19(28)17-4-5-18(22)33-17/h2-5,10,14H,6-9,11-12H2,1H3,(H,24,29)/t14-/m0/s1. The number of carbonyl (C=O) groups is 3. The summed E-state index contributed by atoms with van der Waals surface area (Å²) in [6.07, 6.45) is 0.580. The second-order valence-electron chi connectivity index (χ2n) is 7.51. The predicted molar refractivity (Wildman–Crippen MR) is 128 cm³/mol. The molecule has 0 spiro atoms. The van der Waals surface area contributed by atoms with E-state index in [2.05, 4.69) is 5.32 Å². The molecule has 33 heavy (non-hydrogen) atoms. The number of benzene rings is 1. The monoisotopic (exact) mass is 512 g/mol. The zero-order chi connectivity index (χ0) is 23.5. The Morgan fingerprint density at radius 2 is 2.00 bits per heavy atom. The molecule has 2 aliphatic rings. The van der Waals surface area contributed by atoms with Gasteiger partial charge in [0.25, 0.3) is 11.1 Å². The number of thioether (sulfide) groups is 1. The first-order valence-electron chi connectivity index (χ1n) is 10.2. The molecule has 0 bridgehead atoms. The molecule has 0 saturated carbocycles. The molecule has 0 aliphatic carbocycles. The van der Waals surface area contributed by atoms with Crippen molar-refractivity contribution in [3.8, 4) is 0 Å². The van der Waals surface area contributed by atoms with Gasteiger partial charge in [0.2, 0.25) is 0 Å². The number of nitrogens with one attached hydrogen (secondary N) is 1. The fourth-order valence-electron chi connectivity index (χ4n) is 3.76. The molecule has 0 radical (unpaired) electrons. The Balaban J connectivity index is 1.36. The van der Waals surface area contributed by atoms with Gasteiger partial charge in [-0.15, -0.1) is 11.3 Å². The van der Waals surface area contributed by atoms with Crippen LogP contribution in [0.1, 0.15) is 9.67 Å². The molecule has 8 nitrogen and oxygen atoms in total. The number of ether oxygens (including phenoxy) is 1. The molecule has 2 saturated heterocycles. The van der Waals surface area contributed by atoms with E-state index in [1.54, 1.807) is 35.4 Å². The number of halogens is 2. The molecule has 1 aromatic heterocycles. The molecule has 4 rings (SSSR count). The molecule has 1 N–H and O–H groups in total. The van der Waals surface area contributed by atoms with Crippen molar-refractivity contribution in [3.63, 3.8) is 0 Å². The van der Waals surface area contributed by atoms with Crippen LogP contribution in [0.15, 0.2) is 30.3 Å². The molecule has 2 aliphatic heterocycles. The highest BCUT2D eigenvalue weighted by atomic mass is 35.5. The number of nitrogens with zero attached hydrogens (tertiary/aromatic N) is 3. The molecular weight excluding hydrogens is 491 g/mol. The summed E-state index contributed by atoms with van der Waals surface area (Å²) in [4.78, 5) is 41.8. The first-order valence-corrected chi connectivity index (χ1v) is 12.7. The van der Waals surface area contributed by atoms with Gasteiger partial charge in [-0.05, 0) is 36.6 Å². The van der Waals surface area contributed by atoms with Gasteiger partial charge < -0.3 is 19.9 Å². The van der Waals surface area contributed by atoms with Gasteiger partial charge in [0.1, 0.15) is 11.9 Å². The Kier molecular flexibility index (Phi) is 7.30. The second-order valence-corrected chi connectivity index (χ2v) is 10.0. The van der Waals surface area contributed by atoms with E-state index in [1.807, 2.05) is 4.90 Å². The van der Waals surface area contributed by atoms with Crippen molar-refractivity contribution in [1.29, 1.82) is 0 Å². The number of cyclic esters (lactones) is 1. The Morgan fingerprint density at radius 3 is 2.64 bits per heavy atom. The van der Waals surface area contributed by atoms with Crippen LogP contribution < -0.4 is 15.1 Å². The first kappa shape index (κ1) is 23.7. The van der Waals surface area contributed by atoms with Crippen LogP contribution in [-0.2, 0) is 4.74 Å². The quantitative estimate of drug-likeness (QED) is 0.654. The molecule has 12 heteroatoms. The van der Waals surface area contributed by atoms with Gasteiger partial charge in [-0.3, -0.25) is 14.5 Å². The number of hydrogen-bond acceptors (Lipinski definition) is 7. The van der Waals surface area contributed by atoms with Crippen LogP contribution in [-0.4, -0.2) is 73.8 Å². The van der Waals surface area contributed by atoms with Crippen LogP contribution in [0.3, 0.4) is 0 Å². The Labute approximate surface area is 203 Å². The number of piperazine rings is 1. The number of rotatable bonds is 5. The van der Waals surface area contributed by atoms with E-state index in [-0.39, 0.29) is 24.2 Å². The van der Waals surface area contributed by atoms with Gasteiger partial charge >= 0.3 is 6.09 Å². The van der Waals surface area contributed by atoms with Crippen molar-refractivity contribution in [1.82, 2.24) is 10.2 Å². The Bertz CT molecular complexity index is 1060. The molecule has 2 fully saturated rings. The van der Waals surface area contributed by atoms with E-state index in [0.717, 1.165) is 11.8 Å². The second kappa shape index (κ2) is 10.2. The van der Waals surface area contributed by atoms with Crippen LogP contribution in [0.5, 0.6) is 0 Å². The smallest absolute Gasteiger partial charge is 0.414 e. The SMILES string of the molecule is CSC(=O)NC[C@H]1CN(c2ccc(N3CCN(C(=O)c4ccc(Cl)s4)CC3)c(F)c2)C(=O)O1. The topological polar surface area (TPSA) is 82.2 Å². The van der Waals surface area contributed by atoms with Crippen molar-refractivity contribution >= 4 is 63.3 Å².